The molecule has 76 heavy (non-hydrogen) atoms. The van der Waals surface area contributed by atoms with Gasteiger partial charge in [-0.3, -0.25) is 0 Å². The summed E-state index contributed by atoms with van der Waals surface area (Å²) in [6, 6.07) is 34.5. The molecule has 6 heterocycles. The molecule has 6 aromatic heterocycles. The minimum Gasteiger partial charge on any atom is -0.309 e. The molecule has 0 aliphatic carbocycles. The molecule has 6 aromatic carbocycles. The van der Waals surface area contributed by atoms with Crippen LogP contribution in [0.3, 0.4) is 0 Å². The van der Waals surface area contributed by atoms with E-state index in [0.29, 0.717) is 126 Å². The Morgan fingerprint density at radius 3 is 1.00 bits per heavy atom. The highest BCUT2D eigenvalue weighted by Gasteiger charge is 2.35. The summed E-state index contributed by atoms with van der Waals surface area (Å²) in [6.07, 6.45) is -4.76. The van der Waals surface area contributed by atoms with Gasteiger partial charge in [-0.05, 0) is 152 Å². The van der Waals surface area contributed by atoms with Crippen LogP contribution in [-0.4, -0.2) is 68.9 Å². The van der Waals surface area contributed by atoms with Crippen LogP contribution < -0.4 is 0 Å². The van der Waals surface area contributed by atoms with E-state index in [-0.39, 0.29) is 16.7 Å². The fourth-order valence-corrected chi connectivity index (χ4v) is 10.3. The number of aromatic nitrogens is 14. The van der Waals surface area contributed by atoms with Crippen LogP contribution in [0.1, 0.15) is 57.7 Å². The first kappa shape index (κ1) is 47.3. The zero-order valence-corrected chi connectivity index (χ0v) is 42.2. The lowest BCUT2D eigenvalue weighted by Crippen LogP contribution is -2.09. The Morgan fingerprint density at radius 1 is 0.368 bits per heavy atom. The van der Waals surface area contributed by atoms with Crippen LogP contribution in [0, 0.1) is 66.7 Å². The number of nitriles is 1. The Hall–Kier alpha value is -9.76. The van der Waals surface area contributed by atoms with Crippen LogP contribution in [0.5, 0.6) is 0 Å². The fourth-order valence-electron chi connectivity index (χ4n) is 10.3. The average Bonchev–Trinajstić information content (AvgIpc) is 3.93. The molecular weight excluding hydrogens is 964 g/mol. The van der Waals surface area contributed by atoms with Crippen molar-refractivity contribution in [3.05, 3.63) is 167 Å². The maximum Gasteiger partial charge on any atom is 0.417 e. The van der Waals surface area contributed by atoms with Crippen molar-refractivity contribution in [1.82, 2.24) is 68.9 Å². The van der Waals surface area contributed by atoms with Gasteiger partial charge in [-0.1, -0.05) is 18.2 Å². The minimum atomic E-state index is -4.76. The number of hydrogen-bond acceptors (Lipinski definition) is 13. The van der Waals surface area contributed by atoms with Crippen molar-refractivity contribution in [3.63, 3.8) is 0 Å². The molecule has 15 nitrogen and oxygen atoms in total. The maximum atomic E-state index is 15.5. The van der Waals surface area contributed by atoms with Gasteiger partial charge in [0.15, 0.2) is 23.3 Å². The SMILES string of the molecule is Cc1nc(C)nc(-c2ccc3c(c2)c2cc(-c4nc(C)nc(C)n4)ccc2n3-c2cc(-c3ccccc3C(F)(F)F)c(-n3c4ccc(-c5nc(C)nc(C)n5)cc4c4cc(-c5nc(C)nc(C)n5)ccc43)cc2C#N)n1. The van der Waals surface area contributed by atoms with Crippen molar-refractivity contribution in [2.45, 2.75) is 61.6 Å². The summed E-state index contributed by atoms with van der Waals surface area (Å²) < 4.78 is 50.4. The molecule has 0 aliphatic heterocycles. The highest BCUT2D eigenvalue weighted by Crippen LogP contribution is 2.46. The molecule has 0 fully saturated rings. The second-order valence-corrected chi connectivity index (χ2v) is 18.7. The van der Waals surface area contributed by atoms with E-state index in [9.17, 15) is 5.26 Å². The standard InChI is InChI=1S/C58H42F3N15/c1-28-63-29(2)68-54(67-28)36-13-17-48-42(21-36)43-22-37(55-69-30(3)64-31(4)70-55)14-18-49(43)75(48)52-26-46(41-11-9-10-12-47(41)58(59,60)61)53(25-40(52)27-62)76-50-19-15-38(56-71-32(5)65-33(6)72-56)23-44(50)45-24-39(16-20-51(45)76)57-73-34(7)66-35(8)74-57/h9-26H,1-8H3. The molecule has 0 N–H and O–H groups in total. The first-order valence-corrected chi connectivity index (χ1v) is 24.2. The van der Waals surface area contributed by atoms with E-state index in [1.54, 1.807) is 73.6 Å². The lowest BCUT2D eigenvalue weighted by Gasteiger charge is -2.21. The third-order valence-electron chi connectivity index (χ3n) is 13.2. The molecule has 0 spiro atoms. The van der Waals surface area contributed by atoms with Crippen LogP contribution in [0.4, 0.5) is 13.2 Å². The molecule has 0 radical (unpaired) electrons. The van der Waals surface area contributed by atoms with Gasteiger partial charge in [0.2, 0.25) is 0 Å². The molecule has 0 bridgehead atoms. The smallest absolute Gasteiger partial charge is 0.309 e. The first-order valence-electron chi connectivity index (χ1n) is 24.2. The summed E-state index contributed by atoms with van der Waals surface area (Å²) in [5.41, 5.74) is 5.64. The van der Waals surface area contributed by atoms with Gasteiger partial charge in [0, 0.05) is 49.4 Å². The van der Waals surface area contributed by atoms with Gasteiger partial charge in [-0.15, -0.1) is 0 Å². The molecule has 370 valence electrons. The number of rotatable bonds is 7. The van der Waals surface area contributed by atoms with Crippen molar-refractivity contribution in [1.29, 1.82) is 5.26 Å². The normalized spacial score (nSPS) is 11.9. The summed E-state index contributed by atoms with van der Waals surface area (Å²) in [4.78, 5) is 54.9. The van der Waals surface area contributed by atoms with Crippen molar-refractivity contribution < 1.29 is 13.2 Å². The topological polar surface area (TPSA) is 188 Å². The molecule has 0 aliphatic rings. The number of nitrogens with zero attached hydrogens (tertiary/aromatic N) is 15. The number of benzene rings is 6. The van der Waals surface area contributed by atoms with Gasteiger partial charge in [0.25, 0.3) is 0 Å². The van der Waals surface area contributed by atoms with E-state index in [1.807, 2.05) is 81.9 Å². The average molecular weight is 1010 g/mol. The van der Waals surface area contributed by atoms with Gasteiger partial charge in [0.1, 0.15) is 52.7 Å². The van der Waals surface area contributed by atoms with E-state index < -0.39 is 11.7 Å². The van der Waals surface area contributed by atoms with E-state index in [2.05, 4.69) is 65.9 Å². The number of hydrogen-bond donors (Lipinski definition) is 0. The van der Waals surface area contributed by atoms with E-state index in [4.69, 9.17) is 0 Å². The Bertz CT molecular complexity index is 4180. The number of halogens is 3. The lowest BCUT2D eigenvalue weighted by molar-refractivity contribution is -0.137. The predicted molar refractivity (Wildman–Crippen MR) is 283 cm³/mol. The third-order valence-corrected chi connectivity index (χ3v) is 13.2. The summed E-state index contributed by atoms with van der Waals surface area (Å²) in [6.45, 7) is 14.4. The van der Waals surface area contributed by atoms with E-state index in [1.165, 1.54) is 12.1 Å². The van der Waals surface area contributed by atoms with Gasteiger partial charge >= 0.3 is 6.18 Å². The molecular formula is C58H42F3N15. The Labute approximate surface area is 432 Å². The Morgan fingerprint density at radius 2 is 0.684 bits per heavy atom. The number of aryl methyl sites for hydroxylation is 8. The predicted octanol–water partition coefficient (Wildman–Crippen LogP) is 12.3. The quantitative estimate of drug-likeness (QED) is 0.147. The summed E-state index contributed by atoms with van der Waals surface area (Å²) in [7, 11) is 0. The van der Waals surface area contributed by atoms with Crippen LogP contribution in [-0.2, 0) is 6.18 Å². The molecule has 12 aromatic rings. The maximum absolute atomic E-state index is 15.5. The lowest BCUT2D eigenvalue weighted by atomic mass is 9.95. The van der Waals surface area contributed by atoms with Gasteiger partial charge in [0.05, 0.1) is 44.6 Å². The van der Waals surface area contributed by atoms with Gasteiger partial charge < -0.3 is 9.13 Å². The zero-order chi connectivity index (χ0) is 52.9. The van der Waals surface area contributed by atoms with Gasteiger partial charge in [-0.2, -0.15) is 18.4 Å². The second-order valence-electron chi connectivity index (χ2n) is 18.7. The summed E-state index contributed by atoms with van der Waals surface area (Å²) in [5, 5.41) is 14.4. The third kappa shape index (κ3) is 8.18. The zero-order valence-electron chi connectivity index (χ0n) is 42.2. The summed E-state index contributed by atoms with van der Waals surface area (Å²) in [5.74, 6) is 6.32. The monoisotopic (exact) mass is 1010 g/mol. The van der Waals surface area contributed by atoms with Crippen LogP contribution in [0.2, 0.25) is 0 Å². The Balaban J connectivity index is 1.18. The highest BCUT2D eigenvalue weighted by atomic mass is 19.4. The van der Waals surface area contributed by atoms with Crippen LogP contribution in [0.25, 0.3) is 112 Å². The van der Waals surface area contributed by atoms with E-state index >= 15 is 13.2 Å². The number of fused-ring (bicyclic) bond motifs is 6. The van der Waals surface area contributed by atoms with Crippen LogP contribution >= 0.6 is 0 Å². The van der Waals surface area contributed by atoms with Crippen molar-refractivity contribution in [3.8, 4) is 74.1 Å². The van der Waals surface area contributed by atoms with Crippen molar-refractivity contribution in [2.75, 3.05) is 0 Å². The molecule has 12 rings (SSSR count). The Kier molecular flexibility index (Phi) is 11.0. The molecule has 0 amide bonds. The molecule has 0 atom stereocenters. The van der Waals surface area contributed by atoms with Crippen molar-refractivity contribution >= 4 is 43.6 Å². The first-order chi connectivity index (χ1) is 36.5. The number of alkyl halides is 3. The van der Waals surface area contributed by atoms with Crippen molar-refractivity contribution in [2.24, 2.45) is 0 Å². The minimum absolute atomic E-state index is 0.0854. The highest BCUT2D eigenvalue weighted by molar-refractivity contribution is 6.13. The van der Waals surface area contributed by atoms with Gasteiger partial charge in [-0.25, -0.2) is 59.8 Å². The van der Waals surface area contributed by atoms with Crippen LogP contribution in [0.15, 0.2) is 109 Å². The fraction of sp³-hybridized carbons (Fsp3) is 0.155. The molecule has 18 heteroatoms. The molecule has 0 unspecified atom stereocenters. The molecule has 0 saturated heterocycles. The van der Waals surface area contributed by atoms with E-state index in [0.717, 1.165) is 27.6 Å². The largest absolute Gasteiger partial charge is 0.417 e. The molecule has 0 saturated carbocycles. The summed E-state index contributed by atoms with van der Waals surface area (Å²) >= 11 is 0. The second kappa shape index (κ2) is 17.7.